The van der Waals surface area contributed by atoms with Gasteiger partial charge in [-0.1, -0.05) is 0 Å². The molecule has 3 saturated heterocycles. The van der Waals surface area contributed by atoms with Crippen LogP contribution in [0.2, 0.25) is 0 Å². The predicted molar refractivity (Wildman–Crippen MR) is 81.6 cm³/mol. The van der Waals surface area contributed by atoms with E-state index in [-0.39, 0.29) is 24.0 Å². The fourth-order valence-electron chi connectivity index (χ4n) is 3.81. The van der Waals surface area contributed by atoms with E-state index in [1.807, 2.05) is 11.8 Å². The summed E-state index contributed by atoms with van der Waals surface area (Å²) in [6.45, 7) is 3.72. The topological polar surface area (TPSA) is 72.9 Å². The van der Waals surface area contributed by atoms with Crippen molar-refractivity contribution in [3.05, 3.63) is 0 Å². The van der Waals surface area contributed by atoms with Crippen LogP contribution in [0.25, 0.3) is 0 Å². The summed E-state index contributed by atoms with van der Waals surface area (Å²) in [6.07, 6.45) is 2.40. The van der Waals surface area contributed by atoms with Gasteiger partial charge >= 0.3 is 12.0 Å². The van der Waals surface area contributed by atoms with Gasteiger partial charge in [-0.05, 0) is 19.3 Å². The van der Waals surface area contributed by atoms with Crippen LogP contribution in [0.4, 0.5) is 4.79 Å². The van der Waals surface area contributed by atoms with E-state index in [9.17, 15) is 14.7 Å². The molecule has 2 amide bonds. The van der Waals surface area contributed by atoms with Gasteiger partial charge in [0.05, 0.1) is 5.92 Å². The molecule has 0 aromatic rings. The minimum Gasteiger partial charge on any atom is -0.481 e. The van der Waals surface area contributed by atoms with E-state index in [0.29, 0.717) is 13.0 Å². The van der Waals surface area contributed by atoms with Crippen LogP contribution in [-0.2, 0) is 4.79 Å². The second-order valence-corrected chi connectivity index (χ2v) is 7.30. The normalized spacial score (nSPS) is 32.4. The number of rotatable bonds is 4. The molecule has 3 aliphatic rings. The average Bonchev–Trinajstić information content (AvgIpc) is 3.06. The lowest BCUT2D eigenvalue weighted by atomic mass is 9.89. The van der Waals surface area contributed by atoms with Crippen LogP contribution in [0.1, 0.15) is 19.3 Å². The van der Waals surface area contributed by atoms with E-state index in [0.717, 1.165) is 32.5 Å². The molecular formula is C14H23N3O3S. The van der Waals surface area contributed by atoms with Gasteiger partial charge in [-0.3, -0.25) is 9.69 Å². The number of carbonyl (C=O) groups excluding carboxylic acids is 1. The van der Waals surface area contributed by atoms with Crippen molar-refractivity contribution in [1.29, 1.82) is 0 Å². The zero-order valence-corrected chi connectivity index (χ0v) is 13.0. The van der Waals surface area contributed by atoms with Crippen molar-refractivity contribution < 1.29 is 14.7 Å². The molecule has 3 unspecified atom stereocenters. The molecule has 3 fully saturated rings. The molecule has 2 N–H and O–H groups in total. The first-order valence-electron chi connectivity index (χ1n) is 7.76. The summed E-state index contributed by atoms with van der Waals surface area (Å²) in [5.74, 6) is 1.22. The minimum atomic E-state index is -0.759. The quantitative estimate of drug-likeness (QED) is 0.798. The second-order valence-electron chi connectivity index (χ2n) is 6.07. The molecule has 3 rings (SSSR count). The van der Waals surface area contributed by atoms with Gasteiger partial charge in [-0.2, -0.15) is 11.8 Å². The Labute approximate surface area is 129 Å². The molecule has 0 spiro atoms. The molecule has 0 saturated carbocycles. The molecule has 2 bridgehead atoms. The highest BCUT2D eigenvalue weighted by molar-refractivity contribution is 7.99. The Bertz CT molecular complexity index is 414. The van der Waals surface area contributed by atoms with Crippen LogP contribution in [0.5, 0.6) is 0 Å². The van der Waals surface area contributed by atoms with Crippen LogP contribution in [0.3, 0.4) is 0 Å². The molecule has 7 heteroatoms. The SMILES string of the molecule is O=C(O)C1CC2CCC1N2C(=O)NCCN1CCSCC1. The van der Waals surface area contributed by atoms with Gasteiger partial charge in [0.25, 0.3) is 0 Å². The molecule has 21 heavy (non-hydrogen) atoms. The molecular weight excluding hydrogens is 290 g/mol. The Morgan fingerprint density at radius 3 is 2.67 bits per heavy atom. The maximum absolute atomic E-state index is 12.3. The highest BCUT2D eigenvalue weighted by Crippen LogP contribution is 2.41. The summed E-state index contributed by atoms with van der Waals surface area (Å²) in [5.41, 5.74) is 0. The molecule has 6 nitrogen and oxygen atoms in total. The number of amides is 2. The summed E-state index contributed by atoms with van der Waals surface area (Å²) in [4.78, 5) is 27.7. The number of carbonyl (C=O) groups is 2. The maximum Gasteiger partial charge on any atom is 0.317 e. The van der Waals surface area contributed by atoms with Gasteiger partial charge in [0.2, 0.25) is 0 Å². The van der Waals surface area contributed by atoms with Crippen LogP contribution >= 0.6 is 11.8 Å². The molecule has 118 valence electrons. The predicted octanol–water partition coefficient (Wildman–Crippen LogP) is 0.682. The summed E-state index contributed by atoms with van der Waals surface area (Å²) in [6, 6.07) is -0.0426. The number of hydrogen-bond donors (Lipinski definition) is 2. The third kappa shape index (κ3) is 3.13. The van der Waals surface area contributed by atoms with Crippen LogP contribution in [0.15, 0.2) is 0 Å². The van der Waals surface area contributed by atoms with Crippen molar-refractivity contribution in [2.24, 2.45) is 5.92 Å². The van der Waals surface area contributed by atoms with E-state index < -0.39 is 5.97 Å². The third-order valence-corrected chi connectivity index (χ3v) is 5.84. The van der Waals surface area contributed by atoms with Gasteiger partial charge in [-0.25, -0.2) is 4.79 Å². The number of hydrogen-bond acceptors (Lipinski definition) is 4. The monoisotopic (exact) mass is 313 g/mol. The Morgan fingerprint density at radius 1 is 1.24 bits per heavy atom. The number of fused-ring (bicyclic) bond motifs is 2. The first-order chi connectivity index (χ1) is 10.2. The van der Waals surface area contributed by atoms with E-state index in [4.69, 9.17) is 0 Å². The Morgan fingerprint density at radius 2 is 2.00 bits per heavy atom. The van der Waals surface area contributed by atoms with E-state index in [1.165, 1.54) is 11.5 Å². The zero-order chi connectivity index (χ0) is 14.8. The smallest absolute Gasteiger partial charge is 0.317 e. The van der Waals surface area contributed by atoms with Crippen molar-refractivity contribution in [3.63, 3.8) is 0 Å². The van der Waals surface area contributed by atoms with Crippen molar-refractivity contribution in [2.75, 3.05) is 37.7 Å². The molecule has 0 aromatic carbocycles. The van der Waals surface area contributed by atoms with Gasteiger partial charge in [0.15, 0.2) is 0 Å². The minimum absolute atomic E-state index is 0.0716. The number of nitrogens with one attached hydrogen (secondary N) is 1. The molecule has 0 radical (unpaired) electrons. The number of urea groups is 1. The van der Waals surface area contributed by atoms with Gasteiger partial charge < -0.3 is 15.3 Å². The highest BCUT2D eigenvalue weighted by Gasteiger charge is 2.51. The lowest BCUT2D eigenvalue weighted by Gasteiger charge is -2.27. The van der Waals surface area contributed by atoms with Gasteiger partial charge in [-0.15, -0.1) is 0 Å². The fraction of sp³-hybridized carbons (Fsp3) is 0.857. The summed E-state index contributed by atoms with van der Waals surface area (Å²) >= 11 is 1.98. The Kier molecular flexibility index (Phi) is 4.59. The standard InChI is InChI=1S/C14H23N3O3S/c18-13(19)11-9-10-1-2-12(11)17(10)14(20)15-3-4-16-5-7-21-8-6-16/h10-12H,1-9H2,(H,15,20)(H,18,19). The van der Waals surface area contributed by atoms with Gasteiger partial charge in [0.1, 0.15) is 0 Å². The average molecular weight is 313 g/mol. The fourth-order valence-corrected chi connectivity index (χ4v) is 4.79. The van der Waals surface area contributed by atoms with Crippen LogP contribution in [-0.4, -0.2) is 76.7 Å². The number of carboxylic acids is 1. The Balaban J connectivity index is 1.46. The van der Waals surface area contributed by atoms with E-state index in [2.05, 4.69) is 10.2 Å². The first kappa shape index (κ1) is 15.0. The highest BCUT2D eigenvalue weighted by atomic mass is 32.2. The van der Waals surface area contributed by atoms with E-state index in [1.54, 1.807) is 4.90 Å². The van der Waals surface area contributed by atoms with Crippen molar-refractivity contribution in [1.82, 2.24) is 15.1 Å². The Hall–Kier alpha value is -0.950. The molecule has 0 aliphatic carbocycles. The molecule has 3 aliphatic heterocycles. The largest absolute Gasteiger partial charge is 0.481 e. The number of thioether (sulfide) groups is 1. The van der Waals surface area contributed by atoms with E-state index >= 15 is 0 Å². The maximum atomic E-state index is 12.3. The third-order valence-electron chi connectivity index (χ3n) is 4.90. The lowest BCUT2D eigenvalue weighted by Crippen LogP contribution is -2.47. The lowest BCUT2D eigenvalue weighted by molar-refractivity contribution is -0.142. The van der Waals surface area contributed by atoms with Gasteiger partial charge in [0, 0.05) is 49.8 Å². The van der Waals surface area contributed by atoms with Crippen LogP contribution in [0, 0.1) is 5.92 Å². The molecule has 3 heterocycles. The second kappa shape index (κ2) is 6.44. The number of carboxylic acid groups (broad SMARTS) is 1. The zero-order valence-electron chi connectivity index (χ0n) is 12.2. The number of aliphatic carboxylic acids is 1. The number of nitrogens with zero attached hydrogens (tertiary/aromatic N) is 2. The molecule has 3 atom stereocenters. The first-order valence-corrected chi connectivity index (χ1v) is 8.91. The summed E-state index contributed by atoms with van der Waals surface area (Å²) in [5, 5.41) is 12.2. The summed E-state index contributed by atoms with van der Waals surface area (Å²) < 4.78 is 0. The van der Waals surface area contributed by atoms with Crippen molar-refractivity contribution in [3.8, 4) is 0 Å². The summed E-state index contributed by atoms with van der Waals surface area (Å²) in [7, 11) is 0. The van der Waals surface area contributed by atoms with Crippen molar-refractivity contribution >= 4 is 23.8 Å². The molecule has 0 aromatic heterocycles. The van der Waals surface area contributed by atoms with Crippen molar-refractivity contribution in [2.45, 2.75) is 31.3 Å². The van der Waals surface area contributed by atoms with Crippen LogP contribution < -0.4 is 5.32 Å².